The minimum absolute atomic E-state index is 0.0708. The molecule has 1 rings (SSSR count). The quantitative estimate of drug-likeness (QED) is 0.792. The molecule has 0 aromatic heterocycles. The standard InChI is InChI=1S/C13H17F4N/c1-12(2,3)7-11(18)8-4-5-9(10(14)6-8)13(15,16)17/h4-6,11H,7,18H2,1-3H3. The molecule has 1 aromatic rings. The van der Waals surface area contributed by atoms with E-state index in [1.165, 1.54) is 6.07 Å². The molecule has 102 valence electrons. The van der Waals surface area contributed by atoms with Gasteiger partial charge < -0.3 is 5.73 Å². The maximum absolute atomic E-state index is 13.4. The minimum Gasteiger partial charge on any atom is -0.324 e. The van der Waals surface area contributed by atoms with Crippen LogP contribution in [0.4, 0.5) is 17.6 Å². The van der Waals surface area contributed by atoms with Gasteiger partial charge in [-0.15, -0.1) is 0 Å². The van der Waals surface area contributed by atoms with Crippen molar-refractivity contribution in [1.82, 2.24) is 0 Å². The van der Waals surface area contributed by atoms with E-state index in [0.29, 0.717) is 12.0 Å². The topological polar surface area (TPSA) is 26.0 Å². The minimum atomic E-state index is -4.67. The summed E-state index contributed by atoms with van der Waals surface area (Å²) in [4.78, 5) is 0. The van der Waals surface area contributed by atoms with Crippen LogP contribution >= 0.6 is 0 Å². The van der Waals surface area contributed by atoms with E-state index in [9.17, 15) is 17.6 Å². The highest BCUT2D eigenvalue weighted by atomic mass is 19.4. The van der Waals surface area contributed by atoms with Gasteiger partial charge in [0.05, 0.1) is 5.56 Å². The molecule has 0 amide bonds. The van der Waals surface area contributed by atoms with Crippen molar-refractivity contribution in [2.24, 2.45) is 11.1 Å². The van der Waals surface area contributed by atoms with E-state index >= 15 is 0 Å². The highest BCUT2D eigenvalue weighted by Gasteiger charge is 2.34. The summed E-state index contributed by atoms with van der Waals surface area (Å²) in [7, 11) is 0. The SMILES string of the molecule is CC(C)(C)CC(N)c1ccc(C(F)(F)F)c(F)c1. The highest BCUT2D eigenvalue weighted by Crippen LogP contribution is 2.34. The Bertz CT molecular complexity index is 418. The van der Waals surface area contributed by atoms with Crippen LogP contribution in [0, 0.1) is 11.2 Å². The van der Waals surface area contributed by atoms with Gasteiger partial charge in [-0.2, -0.15) is 13.2 Å². The number of alkyl halides is 3. The van der Waals surface area contributed by atoms with Crippen LogP contribution in [0.1, 0.15) is 44.4 Å². The van der Waals surface area contributed by atoms with E-state index < -0.39 is 23.6 Å². The molecular formula is C13H17F4N. The largest absolute Gasteiger partial charge is 0.419 e. The van der Waals surface area contributed by atoms with Crippen LogP contribution in [0.2, 0.25) is 0 Å². The first-order valence-corrected chi connectivity index (χ1v) is 5.63. The fraction of sp³-hybridized carbons (Fsp3) is 0.538. The van der Waals surface area contributed by atoms with E-state index in [4.69, 9.17) is 5.73 Å². The zero-order valence-corrected chi connectivity index (χ0v) is 10.6. The van der Waals surface area contributed by atoms with Crippen molar-refractivity contribution in [3.8, 4) is 0 Å². The number of benzene rings is 1. The summed E-state index contributed by atoms with van der Waals surface area (Å²) in [6.07, 6.45) is -4.10. The molecular weight excluding hydrogens is 246 g/mol. The number of hydrogen-bond donors (Lipinski definition) is 1. The molecule has 0 saturated heterocycles. The lowest BCUT2D eigenvalue weighted by Crippen LogP contribution is -2.19. The lowest BCUT2D eigenvalue weighted by atomic mass is 9.85. The first-order valence-electron chi connectivity index (χ1n) is 5.63. The van der Waals surface area contributed by atoms with Crippen molar-refractivity contribution in [1.29, 1.82) is 0 Å². The molecule has 2 N–H and O–H groups in total. The Morgan fingerprint density at radius 3 is 2.11 bits per heavy atom. The molecule has 0 spiro atoms. The third-order valence-electron chi connectivity index (χ3n) is 2.56. The van der Waals surface area contributed by atoms with Crippen LogP contribution in [-0.4, -0.2) is 0 Å². The fourth-order valence-corrected chi connectivity index (χ4v) is 1.77. The zero-order valence-electron chi connectivity index (χ0n) is 10.6. The summed E-state index contributed by atoms with van der Waals surface area (Å²) in [5.41, 5.74) is 4.92. The second kappa shape index (κ2) is 4.88. The van der Waals surface area contributed by atoms with Gasteiger partial charge in [0.15, 0.2) is 0 Å². The van der Waals surface area contributed by atoms with Gasteiger partial charge in [-0.05, 0) is 29.5 Å². The third kappa shape index (κ3) is 3.98. The molecule has 1 nitrogen and oxygen atoms in total. The number of rotatable bonds is 2. The highest BCUT2D eigenvalue weighted by molar-refractivity contribution is 5.28. The molecule has 0 aliphatic carbocycles. The summed E-state index contributed by atoms with van der Waals surface area (Å²) in [6, 6.07) is 2.39. The normalized spacial score (nSPS) is 14.7. The van der Waals surface area contributed by atoms with Crippen molar-refractivity contribution in [3.63, 3.8) is 0 Å². The number of halogens is 4. The van der Waals surface area contributed by atoms with Crippen LogP contribution < -0.4 is 5.73 Å². The second-order valence-electron chi connectivity index (χ2n) is 5.61. The van der Waals surface area contributed by atoms with E-state index in [0.717, 1.165) is 12.1 Å². The van der Waals surface area contributed by atoms with Crippen molar-refractivity contribution in [3.05, 3.63) is 35.1 Å². The molecule has 0 fully saturated rings. The average molecular weight is 263 g/mol. The Morgan fingerprint density at radius 2 is 1.72 bits per heavy atom. The van der Waals surface area contributed by atoms with E-state index in [2.05, 4.69) is 0 Å². The summed E-state index contributed by atoms with van der Waals surface area (Å²) in [5.74, 6) is -1.27. The van der Waals surface area contributed by atoms with E-state index in [-0.39, 0.29) is 5.41 Å². The zero-order chi connectivity index (χ0) is 14.1. The van der Waals surface area contributed by atoms with Gasteiger partial charge in [0.1, 0.15) is 5.82 Å². The van der Waals surface area contributed by atoms with E-state index in [1.54, 1.807) is 0 Å². The monoisotopic (exact) mass is 263 g/mol. The Hall–Kier alpha value is -1.10. The molecule has 0 aliphatic rings. The first kappa shape index (κ1) is 15.0. The molecule has 5 heteroatoms. The Labute approximate surface area is 104 Å². The average Bonchev–Trinajstić information content (AvgIpc) is 2.12. The maximum atomic E-state index is 13.4. The summed E-state index contributed by atoms with van der Waals surface area (Å²) < 4.78 is 50.5. The predicted molar refractivity (Wildman–Crippen MR) is 62.4 cm³/mol. The Balaban J connectivity index is 2.98. The van der Waals surface area contributed by atoms with Gasteiger partial charge in [-0.25, -0.2) is 4.39 Å². The summed E-state index contributed by atoms with van der Waals surface area (Å²) in [5, 5.41) is 0. The van der Waals surface area contributed by atoms with Gasteiger partial charge in [-0.3, -0.25) is 0 Å². The molecule has 0 radical (unpaired) electrons. The molecule has 1 atom stereocenters. The molecule has 18 heavy (non-hydrogen) atoms. The number of nitrogens with two attached hydrogens (primary N) is 1. The van der Waals surface area contributed by atoms with Crippen molar-refractivity contribution < 1.29 is 17.6 Å². The third-order valence-corrected chi connectivity index (χ3v) is 2.56. The van der Waals surface area contributed by atoms with Gasteiger partial charge in [-0.1, -0.05) is 26.8 Å². The molecule has 0 aliphatic heterocycles. The van der Waals surface area contributed by atoms with Gasteiger partial charge in [0.2, 0.25) is 0 Å². The van der Waals surface area contributed by atoms with Crippen LogP contribution in [0.3, 0.4) is 0 Å². The van der Waals surface area contributed by atoms with Gasteiger partial charge in [0.25, 0.3) is 0 Å². The van der Waals surface area contributed by atoms with Crippen LogP contribution in [0.5, 0.6) is 0 Å². The van der Waals surface area contributed by atoms with Crippen LogP contribution in [0.15, 0.2) is 18.2 Å². The molecule has 0 heterocycles. The first-order chi connectivity index (χ1) is 8.00. The lowest BCUT2D eigenvalue weighted by Gasteiger charge is -2.23. The molecule has 1 aromatic carbocycles. The Kier molecular flexibility index (Phi) is 4.05. The van der Waals surface area contributed by atoms with Gasteiger partial charge >= 0.3 is 6.18 Å². The summed E-state index contributed by atoms with van der Waals surface area (Å²) in [6.45, 7) is 5.90. The smallest absolute Gasteiger partial charge is 0.324 e. The van der Waals surface area contributed by atoms with Crippen molar-refractivity contribution >= 4 is 0 Å². The molecule has 0 saturated carbocycles. The van der Waals surface area contributed by atoms with E-state index in [1.807, 2.05) is 20.8 Å². The maximum Gasteiger partial charge on any atom is 0.419 e. The van der Waals surface area contributed by atoms with Crippen LogP contribution in [-0.2, 0) is 6.18 Å². The lowest BCUT2D eigenvalue weighted by molar-refractivity contribution is -0.140. The molecule has 0 bridgehead atoms. The van der Waals surface area contributed by atoms with Gasteiger partial charge in [0, 0.05) is 6.04 Å². The predicted octanol–water partition coefficient (Wildman–Crippen LogP) is 4.28. The van der Waals surface area contributed by atoms with Crippen molar-refractivity contribution in [2.75, 3.05) is 0 Å². The second-order valence-corrected chi connectivity index (χ2v) is 5.61. The Morgan fingerprint density at radius 1 is 1.17 bits per heavy atom. The number of hydrogen-bond acceptors (Lipinski definition) is 1. The molecule has 1 unspecified atom stereocenters. The van der Waals surface area contributed by atoms with Crippen molar-refractivity contribution in [2.45, 2.75) is 39.4 Å². The fourth-order valence-electron chi connectivity index (χ4n) is 1.77. The summed E-state index contributed by atoms with van der Waals surface area (Å²) >= 11 is 0. The van der Waals surface area contributed by atoms with Crippen LogP contribution in [0.25, 0.3) is 0 Å².